The first-order valence-electron chi connectivity index (χ1n) is 6.59. The average Bonchev–Trinajstić information content (AvgIpc) is 2.90. The van der Waals surface area contributed by atoms with Gasteiger partial charge in [-0.25, -0.2) is 0 Å². The molecule has 21 heavy (non-hydrogen) atoms. The first-order chi connectivity index (χ1) is 9.70. The van der Waals surface area contributed by atoms with E-state index in [2.05, 4.69) is 10.6 Å². The van der Waals surface area contributed by atoms with Crippen LogP contribution in [0.3, 0.4) is 0 Å². The minimum absolute atomic E-state index is 0. The molecule has 6 nitrogen and oxygen atoms in total. The summed E-state index contributed by atoms with van der Waals surface area (Å²) in [5.74, 6) is 1.42. The van der Waals surface area contributed by atoms with E-state index in [4.69, 9.17) is 14.2 Å². The fourth-order valence-corrected chi connectivity index (χ4v) is 1.93. The minimum atomic E-state index is -0.0822. The monoisotopic (exact) mass is 316 g/mol. The summed E-state index contributed by atoms with van der Waals surface area (Å²) in [5.41, 5.74) is 0.986. The molecular formula is C14H21ClN2O4. The zero-order chi connectivity index (χ0) is 14.4. The third-order valence-electron chi connectivity index (χ3n) is 3.04. The zero-order valence-corrected chi connectivity index (χ0v) is 13.0. The predicted molar refractivity (Wildman–Crippen MR) is 81.1 cm³/mol. The number of carbonyl (C=O) groups excluding carboxylic acids is 1. The molecule has 2 rings (SSSR count). The molecular weight excluding hydrogens is 296 g/mol. The van der Waals surface area contributed by atoms with Gasteiger partial charge in [0.25, 0.3) is 0 Å². The number of methoxy groups -OCH3 is 1. The Balaban J connectivity index is 0.00000220. The van der Waals surface area contributed by atoms with Gasteiger partial charge in [-0.2, -0.15) is 0 Å². The van der Waals surface area contributed by atoms with Crippen LogP contribution in [0.25, 0.3) is 0 Å². The maximum Gasteiger partial charge on any atom is 0.234 e. The Morgan fingerprint density at radius 2 is 2.14 bits per heavy atom. The third-order valence-corrected chi connectivity index (χ3v) is 3.04. The summed E-state index contributed by atoms with van der Waals surface area (Å²) < 4.78 is 15.5. The summed E-state index contributed by atoms with van der Waals surface area (Å²) in [5, 5.41) is 5.93. The van der Waals surface area contributed by atoms with E-state index in [1.54, 1.807) is 7.11 Å². The molecule has 7 heteroatoms. The molecule has 1 heterocycles. The van der Waals surface area contributed by atoms with Crippen molar-refractivity contribution in [3.63, 3.8) is 0 Å². The van der Waals surface area contributed by atoms with Gasteiger partial charge in [0.15, 0.2) is 11.5 Å². The predicted octanol–water partition coefficient (Wildman–Crippen LogP) is 1.25. The molecule has 0 fully saturated rings. The van der Waals surface area contributed by atoms with E-state index in [0.29, 0.717) is 13.2 Å². The van der Waals surface area contributed by atoms with Crippen LogP contribution in [-0.4, -0.2) is 39.5 Å². The van der Waals surface area contributed by atoms with Crippen molar-refractivity contribution < 1.29 is 19.0 Å². The van der Waals surface area contributed by atoms with Gasteiger partial charge >= 0.3 is 0 Å². The molecule has 1 amide bonds. The molecule has 0 radical (unpaired) electrons. The van der Waals surface area contributed by atoms with Gasteiger partial charge in [-0.3, -0.25) is 4.79 Å². The van der Waals surface area contributed by atoms with Crippen molar-refractivity contribution in [2.24, 2.45) is 0 Å². The van der Waals surface area contributed by atoms with Crippen molar-refractivity contribution in [1.82, 2.24) is 10.6 Å². The van der Waals surface area contributed by atoms with Gasteiger partial charge in [-0.05, 0) is 24.6 Å². The summed E-state index contributed by atoms with van der Waals surface area (Å²) in [6.45, 7) is 3.71. The fourth-order valence-electron chi connectivity index (χ4n) is 1.93. The number of ether oxygens (including phenoxy) is 3. The van der Waals surface area contributed by atoms with Crippen LogP contribution in [-0.2, 0) is 9.53 Å². The molecule has 2 N–H and O–H groups in total. The highest BCUT2D eigenvalue weighted by Gasteiger charge is 2.16. The number of rotatable bonds is 7. The van der Waals surface area contributed by atoms with E-state index in [-0.39, 0.29) is 37.7 Å². The Morgan fingerprint density at radius 3 is 2.90 bits per heavy atom. The molecule has 0 saturated carbocycles. The molecule has 0 aliphatic carbocycles. The lowest BCUT2D eigenvalue weighted by Crippen LogP contribution is -2.36. The van der Waals surface area contributed by atoms with Gasteiger partial charge in [-0.1, -0.05) is 6.07 Å². The number of nitrogens with one attached hydrogen (secondary N) is 2. The van der Waals surface area contributed by atoms with Crippen LogP contribution in [0.5, 0.6) is 11.5 Å². The Kier molecular flexibility index (Phi) is 7.28. The Labute approximate surface area is 130 Å². The van der Waals surface area contributed by atoms with Crippen molar-refractivity contribution in [2.45, 2.75) is 13.0 Å². The average molecular weight is 317 g/mol. The number of hydrogen-bond donors (Lipinski definition) is 2. The molecule has 1 aromatic carbocycles. The zero-order valence-electron chi connectivity index (χ0n) is 12.2. The number of fused-ring (bicyclic) bond motifs is 1. The van der Waals surface area contributed by atoms with Crippen molar-refractivity contribution in [3.05, 3.63) is 23.8 Å². The van der Waals surface area contributed by atoms with E-state index in [1.165, 1.54) is 0 Å². The second-order valence-corrected chi connectivity index (χ2v) is 4.57. The van der Waals surface area contributed by atoms with Crippen molar-refractivity contribution >= 4 is 18.3 Å². The van der Waals surface area contributed by atoms with Crippen LogP contribution in [0, 0.1) is 0 Å². The molecule has 0 saturated heterocycles. The molecule has 1 atom stereocenters. The molecule has 1 aromatic rings. The summed E-state index contributed by atoms with van der Waals surface area (Å²) in [4.78, 5) is 11.8. The SMILES string of the molecule is COCCNCC(=O)NC(C)c1ccc2c(c1)OCO2.Cl. The van der Waals surface area contributed by atoms with Crippen LogP contribution < -0.4 is 20.1 Å². The van der Waals surface area contributed by atoms with Gasteiger partial charge in [0.05, 0.1) is 19.2 Å². The largest absolute Gasteiger partial charge is 0.454 e. The second-order valence-electron chi connectivity index (χ2n) is 4.57. The van der Waals surface area contributed by atoms with Gasteiger partial charge in [0.1, 0.15) is 0 Å². The normalized spacial score (nSPS) is 13.4. The van der Waals surface area contributed by atoms with E-state index in [0.717, 1.165) is 17.1 Å². The molecule has 1 aliphatic heterocycles. The number of benzene rings is 1. The van der Waals surface area contributed by atoms with Gasteiger partial charge in [0, 0.05) is 13.7 Å². The summed E-state index contributed by atoms with van der Waals surface area (Å²) >= 11 is 0. The van der Waals surface area contributed by atoms with Crippen LogP contribution in [0.2, 0.25) is 0 Å². The first kappa shape index (κ1) is 17.6. The summed E-state index contributed by atoms with van der Waals surface area (Å²) in [7, 11) is 1.63. The quantitative estimate of drug-likeness (QED) is 0.741. The van der Waals surface area contributed by atoms with E-state index >= 15 is 0 Å². The maximum absolute atomic E-state index is 11.8. The van der Waals surface area contributed by atoms with Gasteiger partial charge in [0.2, 0.25) is 12.7 Å². The van der Waals surface area contributed by atoms with Crippen LogP contribution in [0.1, 0.15) is 18.5 Å². The summed E-state index contributed by atoms with van der Waals surface area (Å²) in [6.07, 6.45) is 0. The molecule has 1 unspecified atom stereocenters. The molecule has 0 spiro atoms. The number of carbonyl (C=O) groups is 1. The first-order valence-corrected chi connectivity index (χ1v) is 6.59. The number of hydrogen-bond acceptors (Lipinski definition) is 5. The van der Waals surface area contributed by atoms with Crippen molar-refractivity contribution in [3.8, 4) is 11.5 Å². The lowest BCUT2D eigenvalue weighted by molar-refractivity contribution is -0.120. The third kappa shape index (κ3) is 5.08. The van der Waals surface area contributed by atoms with E-state index in [9.17, 15) is 4.79 Å². The lowest BCUT2D eigenvalue weighted by atomic mass is 10.1. The van der Waals surface area contributed by atoms with Crippen molar-refractivity contribution in [2.75, 3.05) is 33.6 Å². The van der Waals surface area contributed by atoms with Crippen LogP contribution in [0.4, 0.5) is 0 Å². The highest BCUT2D eigenvalue weighted by molar-refractivity contribution is 5.85. The topological polar surface area (TPSA) is 68.8 Å². The molecule has 0 aromatic heterocycles. The number of amides is 1. The number of halogens is 1. The highest BCUT2D eigenvalue weighted by atomic mass is 35.5. The van der Waals surface area contributed by atoms with E-state index in [1.807, 2.05) is 25.1 Å². The summed E-state index contributed by atoms with van der Waals surface area (Å²) in [6, 6.07) is 5.60. The smallest absolute Gasteiger partial charge is 0.234 e. The lowest BCUT2D eigenvalue weighted by Gasteiger charge is -2.15. The van der Waals surface area contributed by atoms with Gasteiger partial charge < -0.3 is 24.8 Å². The second kappa shape index (κ2) is 8.71. The van der Waals surface area contributed by atoms with E-state index < -0.39 is 0 Å². The Hall–Kier alpha value is -1.50. The maximum atomic E-state index is 11.8. The molecule has 0 bridgehead atoms. The van der Waals surface area contributed by atoms with Crippen LogP contribution >= 0.6 is 12.4 Å². The minimum Gasteiger partial charge on any atom is -0.454 e. The molecule has 118 valence electrons. The highest BCUT2D eigenvalue weighted by Crippen LogP contribution is 2.34. The van der Waals surface area contributed by atoms with Crippen molar-refractivity contribution in [1.29, 1.82) is 0 Å². The Morgan fingerprint density at radius 1 is 1.38 bits per heavy atom. The van der Waals surface area contributed by atoms with Crippen LogP contribution in [0.15, 0.2) is 18.2 Å². The standard InChI is InChI=1S/C14H20N2O4.ClH/c1-10(16-14(17)8-15-5-6-18-2)11-3-4-12-13(7-11)20-9-19-12;/h3-4,7,10,15H,5-6,8-9H2,1-2H3,(H,16,17);1H. The Bertz CT molecular complexity index is 470. The van der Waals surface area contributed by atoms with Gasteiger partial charge in [-0.15, -0.1) is 12.4 Å². The molecule has 1 aliphatic rings. The fraction of sp³-hybridized carbons (Fsp3) is 0.500.